The van der Waals surface area contributed by atoms with E-state index in [4.69, 9.17) is 16.3 Å². The van der Waals surface area contributed by atoms with Crippen molar-refractivity contribution in [3.8, 4) is 0 Å². The van der Waals surface area contributed by atoms with Crippen molar-refractivity contribution in [3.05, 3.63) is 28.8 Å². The van der Waals surface area contributed by atoms with Crippen LogP contribution >= 0.6 is 11.6 Å². The van der Waals surface area contributed by atoms with Crippen LogP contribution in [0.1, 0.15) is 12.5 Å². The van der Waals surface area contributed by atoms with Crippen molar-refractivity contribution in [1.29, 1.82) is 0 Å². The summed E-state index contributed by atoms with van der Waals surface area (Å²) in [6.07, 6.45) is -5.28. The molecular formula is C11H11ClF3NO2. The molecule has 0 saturated heterocycles. The van der Waals surface area contributed by atoms with Crippen LogP contribution in [-0.4, -0.2) is 19.1 Å². The van der Waals surface area contributed by atoms with Crippen LogP contribution in [0.5, 0.6) is 0 Å². The third-order valence-corrected chi connectivity index (χ3v) is 2.43. The molecule has 0 bridgehead atoms. The minimum Gasteiger partial charge on any atom is -0.372 e. The standard InChI is InChI=1S/C11H11ClF3NO2/c1-6(18-2)10(17)16-9-4-7(11(13,14)15)3-8(12)5-9/h3-6H,1-2H3,(H,16,17). The molecule has 0 saturated carbocycles. The Kier molecular flexibility index (Phi) is 4.59. The average Bonchev–Trinajstić information content (AvgIpc) is 2.25. The van der Waals surface area contributed by atoms with Gasteiger partial charge >= 0.3 is 6.18 Å². The first-order valence-electron chi connectivity index (χ1n) is 4.95. The van der Waals surface area contributed by atoms with Crippen LogP contribution in [0.3, 0.4) is 0 Å². The monoisotopic (exact) mass is 281 g/mol. The van der Waals surface area contributed by atoms with Gasteiger partial charge in [-0.25, -0.2) is 0 Å². The maximum absolute atomic E-state index is 12.5. The van der Waals surface area contributed by atoms with Gasteiger partial charge in [-0.05, 0) is 25.1 Å². The second-order valence-corrected chi connectivity index (χ2v) is 4.03. The van der Waals surface area contributed by atoms with Gasteiger partial charge < -0.3 is 10.1 Å². The molecule has 1 atom stereocenters. The SMILES string of the molecule is COC(C)C(=O)Nc1cc(Cl)cc(C(F)(F)F)c1. The number of nitrogens with one attached hydrogen (secondary N) is 1. The van der Waals surface area contributed by atoms with Crippen molar-refractivity contribution in [2.75, 3.05) is 12.4 Å². The van der Waals surface area contributed by atoms with Gasteiger partial charge in [0.25, 0.3) is 5.91 Å². The summed E-state index contributed by atoms with van der Waals surface area (Å²) < 4.78 is 42.3. The first-order valence-corrected chi connectivity index (χ1v) is 5.33. The van der Waals surface area contributed by atoms with E-state index < -0.39 is 23.8 Å². The Morgan fingerprint density at radius 2 is 2.00 bits per heavy atom. The van der Waals surface area contributed by atoms with Crippen LogP contribution in [0, 0.1) is 0 Å². The van der Waals surface area contributed by atoms with Crippen molar-refractivity contribution < 1.29 is 22.7 Å². The van der Waals surface area contributed by atoms with E-state index in [0.717, 1.165) is 12.1 Å². The summed E-state index contributed by atoms with van der Waals surface area (Å²) in [5.74, 6) is -0.548. The lowest BCUT2D eigenvalue weighted by Gasteiger charge is -2.13. The number of methoxy groups -OCH3 is 1. The highest BCUT2D eigenvalue weighted by molar-refractivity contribution is 6.31. The van der Waals surface area contributed by atoms with Gasteiger partial charge in [0.1, 0.15) is 6.10 Å². The second kappa shape index (κ2) is 5.58. The highest BCUT2D eigenvalue weighted by atomic mass is 35.5. The Balaban J connectivity index is 2.97. The average molecular weight is 282 g/mol. The zero-order valence-corrected chi connectivity index (χ0v) is 10.4. The lowest BCUT2D eigenvalue weighted by atomic mass is 10.2. The van der Waals surface area contributed by atoms with Crippen LogP contribution in [0.15, 0.2) is 18.2 Å². The second-order valence-electron chi connectivity index (χ2n) is 3.59. The summed E-state index contributed by atoms with van der Waals surface area (Å²) >= 11 is 5.57. The van der Waals surface area contributed by atoms with E-state index in [2.05, 4.69) is 5.32 Å². The fourth-order valence-electron chi connectivity index (χ4n) is 1.18. The quantitative estimate of drug-likeness (QED) is 0.923. The van der Waals surface area contributed by atoms with Crippen molar-refractivity contribution in [3.63, 3.8) is 0 Å². The molecule has 1 aromatic carbocycles. The fourth-order valence-corrected chi connectivity index (χ4v) is 1.41. The normalized spacial score (nSPS) is 13.2. The number of ether oxygens (including phenoxy) is 1. The molecule has 1 amide bonds. The fraction of sp³-hybridized carbons (Fsp3) is 0.364. The van der Waals surface area contributed by atoms with E-state index in [9.17, 15) is 18.0 Å². The Bertz CT molecular complexity index is 448. The van der Waals surface area contributed by atoms with E-state index in [-0.39, 0.29) is 10.7 Å². The van der Waals surface area contributed by atoms with Crippen LogP contribution in [0.25, 0.3) is 0 Å². The molecule has 3 nitrogen and oxygen atoms in total. The number of carbonyl (C=O) groups excluding carboxylic acids is 1. The van der Waals surface area contributed by atoms with E-state index >= 15 is 0 Å². The molecule has 1 unspecified atom stereocenters. The lowest BCUT2D eigenvalue weighted by molar-refractivity contribution is -0.137. The van der Waals surface area contributed by atoms with Gasteiger partial charge in [0, 0.05) is 17.8 Å². The minimum absolute atomic E-state index is 0.0243. The molecule has 0 aliphatic rings. The molecule has 0 radical (unpaired) electrons. The molecule has 1 N–H and O–H groups in total. The predicted octanol–water partition coefficient (Wildman–Crippen LogP) is 3.33. The van der Waals surface area contributed by atoms with E-state index in [1.807, 2.05) is 0 Å². The number of alkyl halides is 3. The third-order valence-electron chi connectivity index (χ3n) is 2.22. The molecule has 100 valence electrons. The predicted molar refractivity (Wildman–Crippen MR) is 61.6 cm³/mol. The zero-order chi connectivity index (χ0) is 13.9. The van der Waals surface area contributed by atoms with Gasteiger partial charge in [-0.2, -0.15) is 13.2 Å². The first kappa shape index (κ1) is 14.8. The summed E-state index contributed by atoms with van der Waals surface area (Å²) in [5.41, 5.74) is -0.945. The van der Waals surface area contributed by atoms with Crippen molar-refractivity contribution in [1.82, 2.24) is 0 Å². The van der Waals surface area contributed by atoms with Crippen LogP contribution < -0.4 is 5.32 Å². The van der Waals surface area contributed by atoms with Crippen molar-refractivity contribution in [2.24, 2.45) is 0 Å². The van der Waals surface area contributed by atoms with E-state index in [0.29, 0.717) is 0 Å². The molecule has 1 aromatic rings. The number of hydrogen-bond acceptors (Lipinski definition) is 2. The Morgan fingerprint density at radius 3 is 2.50 bits per heavy atom. The summed E-state index contributed by atoms with van der Waals surface area (Å²) in [5, 5.41) is 2.19. The number of amides is 1. The van der Waals surface area contributed by atoms with E-state index in [1.165, 1.54) is 20.1 Å². The maximum atomic E-state index is 12.5. The van der Waals surface area contributed by atoms with Gasteiger partial charge in [-0.15, -0.1) is 0 Å². The number of anilines is 1. The Labute approximate surface area is 107 Å². The summed E-state index contributed by atoms with van der Waals surface area (Å²) in [6, 6.07) is 2.83. The third kappa shape index (κ3) is 3.89. The molecule has 0 heterocycles. The minimum atomic E-state index is -4.52. The van der Waals surface area contributed by atoms with Gasteiger partial charge in [0.15, 0.2) is 0 Å². The molecule has 0 aromatic heterocycles. The van der Waals surface area contributed by atoms with Crippen LogP contribution in [0.2, 0.25) is 5.02 Å². The summed E-state index contributed by atoms with van der Waals surface area (Å²) in [6.45, 7) is 1.48. The number of hydrogen-bond donors (Lipinski definition) is 1. The number of halogens is 4. The van der Waals surface area contributed by atoms with Crippen LogP contribution in [0.4, 0.5) is 18.9 Å². The van der Waals surface area contributed by atoms with Crippen molar-refractivity contribution >= 4 is 23.2 Å². The Hall–Kier alpha value is -1.27. The first-order chi connectivity index (χ1) is 8.24. The maximum Gasteiger partial charge on any atom is 0.416 e. The number of rotatable bonds is 3. The van der Waals surface area contributed by atoms with E-state index in [1.54, 1.807) is 0 Å². The molecule has 0 aliphatic carbocycles. The smallest absolute Gasteiger partial charge is 0.372 e. The number of carbonyl (C=O) groups is 1. The largest absolute Gasteiger partial charge is 0.416 e. The highest BCUT2D eigenvalue weighted by Gasteiger charge is 2.31. The summed E-state index contributed by atoms with van der Waals surface area (Å²) in [4.78, 5) is 11.5. The zero-order valence-electron chi connectivity index (χ0n) is 9.64. The molecule has 0 spiro atoms. The molecule has 0 fully saturated rings. The molecule has 1 rings (SSSR count). The molecular weight excluding hydrogens is 271 g/mol. The summed E-state index contributed by atoms with van der Waals surface area (Å²) in [7, 11) is 1.32. The van der Waals surface area contributed by atoms with Gasteiger partial charge in [-0.1, -0.05) is 11.6 Å². The lowest BCUT2D eigenvalue weighted by Crippen LogP contribution is -2.26. The Morgan fingerprint density at radius 1 is 1.39 bits per heavy atom. The number of benzene rings is 1. The molecule has 7 heteroatoms. The van der Waals surface area contributed by atoms with Crippen LogP contribution in [-0.2, 0) is 15.7 Å². The van der Waals surface area contributed by atoms with Gasteiger partial charge in [-0.3, -0.25) is 4.79 Å². The molecule has 0 aliphatic heterocycles. The molecule has 18 heavy (non-hydrogen) atoms. The van der Waals surface area contributed by atoms with Gasteiger partial charge in [0.2, 0.25) is 0 Å². The van der Waals surface area contributed by atoms with Crippen molar-refractivity contribution in [2.45, 2.75) is 19.2 Å². The van der Waals surface area contributed by atoms with Gasteiger partial charge in [0.05, 0.1) is 5.56 Å². The topological polar surface area (TPSA) is 38.3 Å². The highest BCUT2D eigenvalue weighted by Crippen LogP contribution is 2.33.